The van der Waals surface area contributed by atoms with Crippen LogP contribution in [0.2, 0.25) is 5.28 Å². The number of halogens is 2. The molecule has 0 N–H and O–H groups in total. The monoisotopic (exact) mass is 265 g/mol. The maximum absolute atomic E-state index is 13.7. The quantitative estimate of drug-likeness (QED) is 0.795. The van der Waals surface area contributed by atoms with E-state index in [2.05, 4.69) is 9.97 Å². The Kier molecular flexibility index (Phi) is 4.10. The van der Waals surface area contributed by atoms with Gasteiger partial charge in [-0.25, -0.2) is 9.37 Å². The molecular weight excluding hydrogens is 253 g/mol. The highest BCUT2D eigenvalue weighted by Crippen LogP contribution is 2.19. The summed E-state index contributed by atoms with van der Waals surface area (Å²) in [4.78, 5) is 9.38. The average Bonchev–Trinajstić information content (AvgIpc) is 2.40. The molecule has 2 aromatic rings. The number of hydrogen-bond donors (Lipinski definition) is 0. The predicted octanol–water partition coefficient (Wildman–Crippen LogP) is 3.30. The predicted molar refractivity (Wildman–Crippen MR) is 70.2 cm³/mol. The number of aromatic nitrogens is 2. The normalized spacial score (nSPS) is 10.4. The van der Waals surface area contributed by atoms with Crippen molar-refractivity contribution in [3.05, 3.63) is 53.2 Å². The molecule has 0 amide bonds. The van der Waals surface area contributed by atoms with Gasteiger partial charge in [0, 0.05) is 13.1 Å². The van der Waals surface area contributed by atoms with Crippen LogP contribution in [0.15, 0.2) is 36.5 Å². The van der Waals surface area contributed by atoms with Gasteiger partial charge in [-0.2, -0.15) is 4.98 Å². The minimum atomic E-state index is -0.461. The summed E-state index contributed by atoms with van der Waals surface area (Å²) in [5.41, 5.74) is 1.09. The minimum Gasteiger partial charge on any atom is -0.350 e. The van der Waals surface area contributed by atoms with Crippen molar-refractivity contribution in [3.8, 4) is 0 Å². The molecule has 0 aliphatic carbocycles. The molecule has 0 spiro atoms. The van der Waals surface area contributed by atoms with E-state index in [0.717, 1.165) is 11.8 Å². The Bertz CT molecular complexity index is 519. The number of nitrogens with zero attached hydrogens (tertiary/aromatic N) is 3. The molecule has 0 saturated carbocycles. The summed E-state index contributed by atoms with van der Waals surface area (Å²) in [6.07, 6.45) is 1.10. The molecule has 18 heavy (non-hydrogen) atoms. The molecule has 0 fully saturated rings. The van der Waals surface area contributed by atoms with Gasteiger partial charge in [-0.3, -0.25) is 0 Å². The van der Waals surface area contributed by atoms with Gasteiger partial charge >= 0.3 is 0 Å². The SMILES string of the molecule is CCN(Cc1ccccc1)c1nc(Cl)ncc1F. The van der Waals surface area contributed by atoms with E-state index in [0.29, 0.717) is 13.1 Å². The fourth-order valence-electron chi connectivity index (χ4n) is 1.70. The van der Waals surface area contributed by atoms with Crippen molar-refractivity contribution in [1.29, 1.82) is 0 Å². The second-order valence-corrected chi connectivity index (χ2v) is 4.15. The zero-order valence-corrected chi connectivity index (χ0v) is 10.7. The highest BCUT2D eigenvalue weighted by Gasteiger charge is 2.13. The Morgan fingerprint density at radius 2 is 2.00 bits per heavy atom. The van der Waals surface area contributed by atoms with Crippen LogP contribution in [0.4, 0.5) is 10.2 Å². The van der Waals surface area contributed by atoms with E-state index >= 15 is 0 Å². The molecule has 0 saturated heterocycles. The summed E-state index contributed by atoms with van der Waals surface area (Å²) < 4.78 is 13.7. The van der Waals surface area contributed by atoms with Gasteiger partial charge in [0.05, 0.1) is 6.20 Å². The van der Waals surface area contributed by atoms with E-state index in [9.17, 15) is 4.39 Å². The molecule has 1 heterocycles. The maximum Gasteiger partial charge on any atom is 0.224 e. The van der Waals surface area contributed by atoms with Crippen molar-refractivity contribution in [2.24, 2.45) is 0 Å². The van der Waals surface area contributed by atoms with E-state index in [4.69, 9.17) is 11.6 Å². The number of benzene rings is 1. The van der Waals surface area contributed by atoms with E-state index < -0.39 is 5.82 Å². The molecule has 5 heteroatoms. The van der Waals surface area contributed by atoms with Crippen molar-refractivity contribution in [3.63, 3.8) is 0 Å². The van der Waals surface area contributed by atoms with Gasteiger partial charge in [-0.05, 0) is 24.1 Å². The number of hydrogen-bond acceptors (Lipinski definition) is 3. The van der Waals surface area contributed by atoms with E-state index in [-0.39, 0.29) is 11.1 Å². The lowest BCUT2D eigenvalue weighted by Gasteiger charge is -2.22. The van der Waals surface area contributed by atoms with Crippen LogP contribution in [0.25, 0.3) is 0 Å². The van der Waals surface area contributed by atoms with Gasteiger partial charge < -0.3 is 4.90 Å². The van der Waals surface area contributed by atoms with Crippen molar-refractivity contribution in [2.75, 3.05) is 11.4 Å². The zero-order chi connectivity index (χ0) is 13.0. The summed E-state index contributed by atoms with van der Waals surface area (Å²) in [5, 5.41) is 0.0536. The highest BCUT2D eigenvalue weighted by atomic mass is 35.5. The average molecular weight is 266 g/mol. The molecule has 1 aromatic heterocycles. The van der Waals surface area contributed by atoms with Crippen molar-refractivity contribution >= 4 is 17.4 Å². The third-order valence-electron chi connectivity index (χ3n) is 2.59. The number of rotatable bonds is 4. The Morgan fingerprint density at radius 3 is 2.67 bits per heavy atom. The van der Waals surface area contributed by atoms with Gasteiger partial charge in [0.1, 0.15) is 0 Å². The lowest BCUT2D eigenvalue weighted by molar-refractivity contribution is 0.602. The molecular formula is C13H13ClFN3. The first-order chi connectivity index (χ1) is 8.70. The third kappa shape index (κ3) is 2.96. The third-order valence-corrected chi connectivity index (χ3v) is 2.78. The van der Waals surface area contributed by atoms with Crippen LogP contribution in [0.1, 0.15) is 12.5 Å². The summed E-state index contributed by atoms with van der Waals surface area (Å²) >= 11 is 5.71. The molecule has 0 bridgehead atoms. The van der Waals surface area contributed by atoms with Gasteiger partial charge in [0.2, 0.25) is 5.28 Å². The second-order valence-electron chi connectivity index (χ2n) is 3.81. The van der Waals surface area contributed by atoms with E-state index in [1.807, 2.05) is 42.2 Å². The summed E-state index contributed by atoms with van der Waals surface area (Å²) in [6, 6.07) is 9.83. The summed E-state index contributed by atoms with van der Waals surface area (Å²) in [5.74, 6) is -0.224. The molecule has 0 unspecified atom stereocenters. The fraction of sp³-hybridized carbons (Fsp3) is 0.231. The minimum absolute atomic E-state index is 0.0536. The lowest BCUT2D eigenvalue weighted by Crippen LogP contribution is -2.24. The van der Waals surface area contributed by atoms with Gasteiger partial charge in [0.15, 0.2) is 11.6 Å². The second kappa shape index (κ2) is 5.78. The van der Waals surface area contributed by atoms with Crippen LogP contribution >= 0.6 is 11.6 Å². The topological polar surface area (TPSA) is 29.0 Å². The standard InChI is InChI=1S/C13H13ClFN3/c1-2-18(9-10-6-4-3-5-7-10)12-11(15)8-16-13(14)17-12/h3-8H,2,9H2,1H3. The molecule has 94 valence electrons. The first-order valence-corrected chi connectivity index (χ1v) is 6.05. The Labute approximate surface area is 110 Å². The molecule has 0 radical (unpaired) electrons. The lowest BCUT2D eigenvalue weighted by atomic mass is 10.2. The first kappa shape index (κ1) is 12.8. The number of anilines is 1. The van der Waals surface area contributed by atoms with Crippen LogP contribution in [0.3, 0.4) is 0 Å². The molecule has 0 atom stereocenters. The van der Waals surface area contributed by atoms with E-state index in [1.165, 1.54) is 0 Å². The highest BCUT2D eigenvalue weighted by molar-refractivity contribution is 6.28. The molecule has 0 aliphatic rings. The molecule has 1 aromatic carbocycles. The van der Waals surface area contributed by atoms with Gasteiger partial charge in [-0.1, -0.05) is 30.3 Å². The molecule has 3 nitrogen and oxygen atoms in total. The van der Waals surface area contributed by atoms with Crippen molar-refractivity contribution in [2.45, 2.75) is 13.5 Å². The Balaban J connectivity index is 2.26. The Hall–Kier alpha value is -1.68. The molecule has 2 rings (SSSR count). The smallest absolute Gasteiger partial charge is 0.224 e. The van der Waals surface area contributed by atoms with Crippen molar-refractivity contribution in [1.82, 2.24) is 9.97 Å². The van der Waals surface area contributed by atoms with E-state index in [1.54, 1.807) is 0 Å². The van der Waals surface area contributed by atoms with Crippen LogP contribution in [0.5, 0.6) is 0 Å². The summed E-state index contributed by atoms with van der Waals surface area (Å²) in [6.45, 7) is 3.17. The largest absolute Gasteiger partial charge is 0.350 e. The zero-order valence-electron chi connectivity index (χ0n) is 9.98. The molecule has 0 aliphatic heterocycles. The van der Waals surface area contributed by atoms with Crippen LogP contribution < -0.4 is 4.90 Å². The van der Waals surface area contributed by atoms with Crippen LogP contribution in [0, 0.1) is 5.82 Å². The maximum atomic E-state index is 13.7. The van der Waals surface area contributed by atoms with Gasteiger partial charge in [0.25, 0.3) is 0 Å². The van der Waals surface area contributed by atoms with Gasteiger partial charge in [-0.15, -0.1) is 0 Å². The first-order valence-electron chi connectivity index (χ1n) is 5.67. The summed E-state index contributed by atoms with van der Waals surface area (Å²) in [7, 11) is 0. The fourth-order valence-corrected chi connectivity index (χ4v) is 1.83. The van der Waals surface area contributed by atoms with Crippen LogP contribution in [-0.2, 0) is 6.54 Å². The van der Waals surface area contributed by atoms with Crippen molar-refractivity contribution < 1.29 is 4.39 Å². The Morgan fingerprint density at radius 1 is 1.28 bits per heavy atom. The van der Waals surface area contributed by atoms with Crippen LogP contribution in [-0.4, -0.2) is 16.5 Å².